The number of urea groups is 1. The number of hydrogen-bond donors (Lipinski definition) is 3. The molecule has 0 radical (unpaired) electrons. The number of carbonyl (C=O) groups is 1. The Morgan fingerprint density at radius 1 is 0.870 bits per heavy atom. The Kier molecular flexibility index (Phi) is 2.86. The van der Waals surface area contributed by atoms with Gasteiger partial charge in [0.2, 0.25) is 0 Å². The van der Waals surface area contributed by atoms with E-state index in [9.17, 15) is 4.79 Å². The summed E-state index contributed by atoms with van der Waals surface area (Å²) in [7, 11) is 1.89. The minimum absolute atomic E-state index is 0.237. The third-order valence-electron chi connectivity index (χ3n) is 4.64. The lowest BCUT2D eigenvalue weighted by Gasteiger charge is -2.41. The first-order chi connectivity index (χ1) is 11.1. The predicted octanol–water partition coefficient (Wildman–Crippen LogP) is 1.83. The molecule has 0 aromatic heterocycles. The minimum atomic E-state index is -0.863. The predicted molar refractivity (Wildman–Crippen MR) is 91.4 cm³/mol. The number of hydrogen-bond acceptors (Lipinski definition) is 2. The quantitative estimate of drug-likeness (QED) is 0.738. The van der Waals surface area contributed by atoms with Crippen LogP contribution >= 0.6 is 12.2 Å². The summed E-state index contributed by atoms with van der Waals surface area (Å²) in [6, 6.07) is 19.5. The summed E-state index contributed by atoms with van der Waals surface area (Å²) in [6.07, 6.45) is 0. The summed E-state index contributed by atoms with van der Waals surface area (Å²) < 4.78 is 0. The van der Waals surface area contributed by atoms with Crippen molar-refractivity contribution in [3.05, 3.63) is 71.8 Å². The highest BCUT2D eigenvalue weighted by atomic mass is 32.1. The Bertz CT molecular complexity index is 782. The number of benzene rings is 2. The van der Waals surface area contributed by atoms with E-state index in [-0.39, 0.29) is 6.03 Å². The van der Waals surface area contributed by atoms with Gasteiger partial charge in [0, 0.05) is 18.2 Å². The fourth-order valence-electron chi connectivity index (χ4n) is 3.61. The molecular formula is C17H16N4OS. The van der Waals surface area contributed by atoms with Crippen LogP contribution in [0.5, 0.6) is 0 Å². The van der Waals surface area contributed by atoms with Crippen molar-refractivity contribution in [1.29, 1.82) is 0 Å². The molecule has 0 bridgehead atoms. The van der Waals surface area contributed by atoms with Gasteiger partial charge in [-0.25, -0.2) is 4.79 Å². The highest BCUT2D eigenvalue weighted by Crippen LogP contribution is 2.47. The molecule has 2 amide bonds. The lowest BCUT2D eigenvalue weighted by Crippen LogP contribution is -2.61. The molecule has 2 aromatic carbocycles. The first-order valence-electron chi connectivity index (χ1n) is 7.37. The standard InChI is InChI=1S/C17H16N4OS/c1-21-15(23)20-16(12-8-4-2-5-9-12)17(21,19-14(22)18-16)13-10-6-3-7-11-13/h2-11H,1H3,(H,20,23)(H2,18,19,22). The second kappa shape index (κ2) is 4.70. The van der Waals surface area contributed by atoms with Crippen molar-refractivity contribution in [2.24, 2.45) is 0 Å². The number of amides is 2. The van der Waals surface area contributed by atoms with Crippen molar-refractivity contribution >= 4 is 23.4 Å². The van der Waals surface area contributed by atoms with Crippen LogP contribution in [0.3, 0.4) is 0 Å². The summed E-state index contributed by atoms with van der Waals surface area (Å²) in [5, 5.41) is 10.0. The molecule has 5 nitrogen and oxygen atoms in total. The lowest BCUT2D eigenvalue weighted by atomic mass is 9.82. The minimum Gasteiger partial charge on any atom is -0.332 e. The van der Waals surface area contributed by atoms with Crippen LogP contribution in [0, 0.1) is 0 Å². The molecule has 0 saturated carbocycles. The summed E-state index contributed by atoms with van der Waals surface area (Å²) in [5.74, 6) is 0. The van der Waals surface area contributed by atoms with Gasteiger partial charge in [-0.3, -0.25) is 0 Å². The molecule has 4 rings (SSSR count). The maximum Gasteiger partial charge on any atom is 0.319 e. The number of nitrogens with zero attached hydrogens (tertiary/aromatic N) is 1. The number of nitrogens with one attached hydrogen (secondary N) is 3. The fraction of sp³-hybridized carbons (Fsp3) is 0.176. The third kappa shape index (κ3) is 1.66. The Morgan fingerprint density at radius 2 is 1.43 bits per heavy atom. The van der Waals surface area contributed by atoms with Crippen LogP contribution in [-0.4, -0.2) is 23.1 Å². The molecule has 23 heavy (non-hydrogen) atoms. The topological polar surface area (TPSA) is 56.4 Å². The van der Waals surface area contributed by atoms with Crippen LogP contribution in [0.4, 0.5) is 4.79 Å². The molecule has 2 aliphatic heterocycles. The first-order valence-corrected chi connectivity index (χ1v) is 7.78. The van der Waals surface area contributed by atoms with Crippen molar-refractivity contribution in [3.63, 3.8) is 0 Å². The van der Waals surface area contributed by atoms with Gasteiger partial charge in [0.25, 0.3) is 0 Å². The number of fused-ring (bicyclic) bond motifs is 1. The van der Waals surface area contributed by atoms with E-state index >= 15 is 0 Å². The Morgan fingerprint density at radius 3 is 2.04 bits per heavy atom. The zero-order valence-corrected chi connectivity index (χ0v) is 13.4. The molecule has 2 aromatic rings. The fourth-order valence-corrected chi connectivity index (χ4v) is 3.90. The molecule has 2 saturated heterocycles. The smallest absolute Gasteiger partial charge is 0.319 e. The van der Waals surface area contributed by atoms with E-state index in [0.29, 0.717) is 5.11 Å². The maximum absolute atomic E-state index is 12.3. The van der Waals surface area contributed by atoms with Gasteiger partial charge < -0.3 is 20.9 Å². The number of rotatable bonds is 2. The van der Waals surface area contributed by atoms with Crippen LogP contribution < -0.4 is 16.0 Å². The highest BCUT2D eigenvalue weighted by Gasteiger charge is 2.68. The molecule has 6 heteroatoms. The average molecular weight is 324 g/mol. The summed E-state index contributed by atoms with van der Waals surface area (Å²) in [6.45, 7) is 0. The van der Waals surface area contributed by atoms with Crippen molar-refractivity contribution in [2.45, 2.75) is 11.3 Å². The van der Waals surface area contributed by atoms with Gasteiger partial charge in [0.1, 0.15) is 0 Å². The number of carbonyl (C=O) groups excluding carboxylic acids is 1. The van der Waals surface area contributed by atoms with E-state index in [2.05, 4.69) is 16.0 Å². The van der Waals surface area contributed by atoms with Gasteiger partial charge in [-0.15, -0.1) is 0 Å². The molecule has 2 atom stereocenters. The second-order valence-corrected chi connectivity index (χ2v) is 6.15. The van der Waals surface area contributed by atoms with Gasteiger partial charge in [-0.2, -0.15) is 0 Å². The molecule has 116 valence electrons. The normalized spacial score (nSPS) is 28.8. The molecule has 2 heterocycles. The second-order valence-electron chi connectivity index (χ2n) is 5.76. The lowest BCUT2D eigenvalue weighted by molar-refractivity contribution is 0.113. The third-order valence-corrected chi connectivity index (χ3v) is 5.01. The molecule has 2 fully saturated rings. The number of likely N-dealkylation sites (N-methyl/N-ethyl adjacent to an activating group) is 1. The van der Waals surface area contributed by atoms with Crippen LogP contribution in [0.25, 0.3) is 0 Å². The molecular weight excluding hydrogens is 308 g/mol. The highest BCUT2D eigenvalue weighted by molar-refractivity contribution is 7.80. The van der Waals surface area contributed by atoms with Crippen LogP contribution in [0.1, 0.15) is 11.1 Å². The van der Waals surface area contributed by atoms with Crippen LogP contribution in [0.2, 0.25) is 0 Å². The number of thiocarbonyl (C=S) groups is 1. The van der Waals surface area contributed by atoms with Crippen molar-refractivity contribution < 1.29 is 4.79 Å². The van der Waals surface area contributed by atoms with E-state index in [1.54, 1.807) is 0 Å². The van der Waals surface area contributed by atoms with Crippen molar-refractivity contribution in [1.82, 2.24) is 20.9 Å². The van der Waals surface area contributed by atoms with Gasteiger partial charge in [0.15, 0.2) is 16.4 Å². The molecule has 3 N–H and O–H groups in total. The van der Waals surface area contributed by atoms with Gasteiger partial charge in [-0.1, -0.05) is 60.7 Å². The summed E-state index contributed by atoms with van der Waals surface area (Å²) in [5.41, 5.74) is 0.202. The van der Waals surface area contributed by atoms with Gasteiger partial charge >= 0.3 is 6.03 Å². The van der Waals surface area contributed by atoms with E-state index in [1.165, 1.54) is 0 Å². The van der Waals surface area contributed by atoms with Gasteiger partial charge in [-0.05, 0) is 12.2 Å². The SMILES string of the molecule is CN1C(=S)NC2(c3ccccc3)NC(=O)NC12c1ccccc1. The summed E-state index contributed by atoms with van der Waals surface area (Å²) >= 11 is 5.50. The summed E-state index contributed by atoms with van der Waals surface area (Å²) in [4.78, 5) is 14.2. The Labute approximate surface area is 139 Å². The first kappa shape index (κ1) is 14.0. The molecule has 2 aliphatic rings. The molecule has 2 unspecified atom stereocenters. The van der Waals surface area contributed by atoms with Crippen LogP contribution in [-0.2, 0) is 11.3 Å². The van der Waals surface area contributed by atoms with E-state index < -0.39 is 11.3 Å². The molecule has 0 spiro atoms. The van der Waals surface area contributed by atoms with Crippen molar-refractivity contribution in [2.75, 3.05) is 7.05 Å². The van der Waals surface area contributed by atoms with Gasteiger partial charge in [0.05, 0.1) is 0 Å². The Hall–Kier alpha value is -2.60. The molecule has 0 aliphatic carbocycles. The maximum atomic E-state index is 12.3. The Balaban J connectivity index is 2.02. The van der Waals surface area contributed by atoms with E-state index in [4.69, 9.17) is 12.2 Å². The zero-order chi connectivity index (χ0) is 16.1. The zero-order valence-electron chi connectivity index (χ0n) is 12.5. The largest absolute Gasteiger partial charge is 0.332 e. The van der Waals surface area contributed by atoms with E-state index in [0.717, 1.165) is 11.1 Å². The van der Waals surface area contributed by atoms with E-state index in [1.807, 2.05) is 72.6 Å². The monoisotopic (exact) mass is 324 g/mol. The average Bonchev–Trinajstić information content (AvgIpc) is 2.99. The van der Waals surface area contributed by atoms with Crippen molar-refractivity contribution in [3.8, 4) is 0 Å². The van der Waals surface area contributed by atoms with Crippen LogP contribution in [0.15, 0.2) is 60.7 Å².